The van der Waals surface area contributed by atoms with Crippen LogP contribution in [-0.4, -0.2) is 3.75 Å². The van der Waals surface area contributed by atoms with Crippen molar-refractivity contribution in [3.05, 3.63) is 71.8 Å². The molecule has 12 rings (SSSR count). The predicted octanol–water partition coefficient (Wildman–Crippen LogP) is 7.17. The first-order valence-corrected chi connectivity index (χ1v) is 22.3. The molecule has 10 fully saturated rings. The van der Waals surface area contributed by atoms with Crippen LogP contribution in [0.5, 0.6) is 0 Å². The third-order valence-corrected chi connectivity index (χ3v) is 93.7. The molecule has 10 saturated heterocycles. The molecular formula is C24H23PRu. The number of hydrogen-bond donors (Lipinski definition) is 0. The third-order valence-electron chi connectivity index (χ3n) is 17.5. The molecule has 0 aromatic heterocycles. The van der Waals surface area contributed by atoms with Gasteiger partial charge in [0, 0.05) is 0 Å². The van der Waals surface area contributed by atoms with E-state index in [-0.39, 0.29) is 7.92 Å². The fourth-order valence-corrected chi connectivity index (χ4v) is 174. The average Bonchev–Trinajstić information content (AvgIpc) is 3.62. The molecule has 10 aliphatic rings. The van der Waals surface area contributed by atoms with Gasteiger partial charge in [0.05, 0.1) is 0 Å². The third kappa shape index (κ3) is 0.202. The Labute approximate surface area is 143 Å². The first kappa shape index (κ1) is 11.5. The Kier molecular flexibility index (Phi) is 0.616. The molecule has 0 bridgehead atoms. The van der Waals surface area contributed by atoms with Crippen molar-refractivity contribution in [3.63, 3.8) is 0 Å². The van der Waals surface area contributed by atoms with E-state index in [0.29, 0.717) is 0 Å². The number of benzene rings is 2. The zero-order chi connectivity index (χ0) is 16.2. The van der Waals surface area contributed by atoms with E-state index in [0.717, 1.165) is 3.75 Å². The van der Waals surface area contributed by atoms with E-state index < -0.39 is 7.72 Å². The van der Waals surface area contributed by atoms with Crippen molar-refractivity contribution in [2.24, 2.45) is 0 Å². The van der Waals surface area contributed by atoms with E-state index in [9.17, 15) is 0 Å². The monoisotopic (exact) mass is 444 g/mol. The Hall–Kier alpha value is -0.507. The average molecular weight is 443 g/mol. The number of rotatable bonds is 5. The van der Waals surface area contributed by atoms with Crippen LogP contribution in [0.15, 0.2) is 60.7 Å². The molecule has 4 unspecified atom stereocenters. The molecule has 0 N–H and O–H groups in total. The van der Waals surface area contributed by atoms with Crippen molar-refractivity contribution in [1.29, 1.82) is 0 Å². The second kappa shape index (κ2) is 1.39. The summed E-state index contributed by atoms with van der Waals surface area (Å²) < 4.78 is 14.5. The van der Waals surface area contributed by atoms with Crippen LogP contribution in [0.3, 0.4) is 0 Å². The number of hydrogen-bond acceptors (Lipinski definition) is 0. The molecule has 0 saturated carbocycles. The van der Waals surface area contributed by atoms with E-state index in [1.165, 1.54) is 52.9 Å². The Morgan fingerprint density at radius 3 is 1.35 bits per heavy atom. The van der Waals surface area contributed by atoms with Crippen LogP contribution in [0.1, 0.15) is 11.1 Å². The summed E-state index contributed by atoms with van der Waals surface area (Å²) >= 11 is 0. The van der Waals surface area contributed by atoms with Gasteiger partial charge in [0.2, 0.25) is 0 Å². The summed E-state index contributed by atoms with van der Waals surface area (Å²) in [6, 6.07) is 23.3. The van der Waals surface area contributed by atoms with Crippen LogP contribution in [0.25, 0.3) is 0 Å². The van der Waals surface area contributed by atoms with Crippen molar-refractivity contribution in [1.82, 2.24) is 0 Å². The van der Waals surface area contributed by atoms with Gasteiger partial charge in [-0.25, -0.2) is 0 Å². The molecule has 0 radical (unpaired) electrons. The minimum atomic E-state index is -3.28. The summed E-state index contributed by atoms with van der Waals surface area (Å²) in [5.41, 5.74) is 3.32. The molecule has 10 aliphatic heterocycles. The summed E-state index contributed by atoms with van der Waals surface area (Å²) in [6.07, 6.45) is 2.92. The fraction of sp³-hybridized carbons (Fsp3) is 0.500. The molecule has 2 aromatic carbocycles. The molecule has 0 amide bonds. The normalized spacial score (nSPS) is 82.0. The Balaban J connectivity index is 1.14. The van der Waals surface area contributed by atoms with E-state index in [4.69, 9.17) is 0 Å². The first-order valence-electron chi connectivity index (χ1n) is 10.6. The topological polar surface area (TPSA) is 0 Å². The van der Waals surface area contributed by atoms with Gasteiger partial charge < -0.3 is 0 Å². The minimum absolute atomic E-state index is 0.177. The molecular weight excluding hydrogens is 420 g/mol. The molecule has 132 valence electrons. The summed E-state index contributed by atoms with van der Waals surface area (Å²) in [7, 11) is -3.10. The molecule has 0 aliphatic carbocycles. The maximum atomic E-state index is 2.44. The molecule has 2 aromatic rings. The van der Waals surface area contributed by atoms with Crippen LogP contribution in [-0.2, 0) is 20.0 Å². The zero-order valence-electron chi connectivity index (χ0n) is 14.7. The Bertz CT molecular complexity index is 1340. The van der Waals surface area contributed by atoms with Crippen LogP contribution >= 0.6 is 7.92 Å². The zero-order valence-corrected chi connectivity index (χ0v) is 17.3. The predicted molar refractivity (Wildman–Crippen MR) is 104 cm³/mol. The van der Waals surface area contributed by atoms with Crippen LogP contribution in [0.2, 0.25) is 40.6 Å². The summed E-state index contributed by atoms with van der Waals surface area (Å²) in [4.78, 5) is 0. The maximum absolute atomic E-state index is 3.28. The van der Waals surface area contributed by atoms with Crippen LogP contribution in [0.4, 0.5) is 0 Å². The number of fused-ring (bicyclic) bond motifs is 10. The van der Waals surface area contributed by atoms with Crippen molar-refractivity contribution >= 4 is 7.92 Å². The second-order valence-electron chi connectivity index (χ2n) is 13.5. The second-order valence-corrected chi connectivity index (χ2v) is 53.7. The van der Waals surface area contributed by atoms with Gasteiger partial charge in [-0.1, -0.05) is 0 Å². The Morgan fingerprint density at radius 2 is 1.04 bits per heavy atom. The van der Waals surface area contributed by atoms with E-state index in [2.05, 4.69) is 60.7 Å². The van der Waals surface area contributed by atoms with Crippen molar-refractivity contribution in [3.8, 4) is 0 Å². The fourth-order valence-electron chi connectivity index (χ4n) is 18.8. The van der Waals surface area contributed by atoms with Gasteiger partial charge in [-0.05, 0) is 0 Å². The summed E-state index contributed by atoms with van der Waals surface area (Å²) in [5.74, 6) is 0. The molecule has 0 nitrogen and oxygen atoms in total. The van der Waals surface area contributed by atoms with Gasteiger partial charge in [0.25, 0.3) is 0 Å². The SMILES string of the molecule is c1ccc(CP(Cc2ccccc2)[C]23[CH]4[CH]5[CH]6[CH]2[Ru]56432789[CH]3[CH]2[CH]7[CH]8[CH]39)cc1. The van der Waals surface area contributed by atoms with E-state index >= 15 is 0 Å². The quantitative estimate of drug-likeness (QED) is 0.340. The van der Waals surface area contributed by atoms with Crippen molar-refractivity contribution < 1.29 is 7.72 Å². The first-order chi connectivity index (χ1) is 12.6. The van der Waals surface area contributed by atoms with Gasteiger partial charge in [-0.15, -0.1) is 0 Å². The molecule has 1 spiro atoms. The summed E-state index contributed by atoms with van der Waals surface area (Å²) in [5, 5.41) is 0. The van der Waals surface area contributed by atoms with Crippen LogP contribution < -0.4 is 0 Å². The molecule has 2 heteroatoms. The van der Waals surface area contributed by atoms with Gasteiger partial charge in [-0.3, -0.25) is 0 Å². The summed E-state index contributed by atoms with van der Waals surface area (Å²) in [6.45, 7) is 0. The van der Waals surface area contributed by atoms with Crippen LogP contribution in [0, 0.1) is 0 Å². The van der Waals surface area contributed by atoms with Crippen molar-refractivity contribution in [2.75, 3.05) is 0 Å². The standard InChI is InChI=1S/C19H18P.C5H5.Ru/c1-3-9-17(10-4-1)15-20(19-13-7-8-14-19)16-18-11-5-2-6-12-18;1-2-4-5-3-1;/h1-14H,15-16H2;1-5H;. The van der Waals surface area contributed by atoms with Crippen molar-refractivity contribution in [2.45, 2.75) is 56.7 Å². The van der Waals surface area contributed by atoms with Gasteiger partial charge >= 0.3 is 144 Å². The van der Waals surface area contributed by atoms with Gasteiger partial charge in [0.1, 0.15) is 0 Å². The van der Waals surface area contributed by atoms with Gasteiger partial charge in [-0.2, -0.15) is 0 Å². The van der Waals surface area contributed by atoms with E-state index in [1.807, 2.05) is 0 Å². The molecule has 26 heavy (non-hydrogen) atoms. The molecule has 4 atom stereocenters. The van der Waals surface area contributed by atoms with E-state index in [1.54, 1.807) is 11.1 Å². The Morgan fingerprint density at radius 1 is 0.615 bits per heavy atom. The van der Waals surface area contributed by atoms with Gasteiger partial charge in [0.15, 0.2) is 0 Å². The molecule has 10 heterocycles.